The third-order valence-corrected chi connectivity index (χ3v) is 4.45. The molecule has 1 heterocycles. The zero-order chi connectivity index (χ0) is 21.6. The Labute approximate surface area is 177 Å². The summed E-state index contributed by atoms with van der Waals surface area (Å²) < 4.78 is 11.3. The Kier molecular flexibility index (Phi) is 6.52. The number of rotatable bonds is 6. The second kappa shape index (κ2) is 9.27. The molecule has 0 radical (unpaired) electrons. The van der Waals surface area contributed by atoms with Crippen LogP contribution in [0.25, 0.3) is 6.08 Å². The number of ether oxygens (including phenoxy) is 2. The summed E-state index contributed by atoms with van der Waals surface area (Å²) in [5.74, 6) is 1.52. The number of carbonyl (C=O) groups is 1. The van der Waals surface area contributed by atoms with Gasteiger partial charge < -0.3 is 14.8 Å². The van der Waals surface area contributed by atoms with E-state index in [9.17, 15) is 4.79 Å². The Morgan fingerprint density at radius 3 is 2.60 bits per heavy atom. The lowest BCUT2D eigenvalue weighted by molar-refractivity contribution is -0.111. The number of amides is 1. The van der Waals surface area contributed by atoms with Gasteiger partial charge in [0.15, 0.2) is 0 Å². The first kappa shape index (κ1) is 21.1. The molecule has 3 rings (SSSR count). The van der Waals surface area contributed by atoms with Crippen molar-refractivity contribution in [2.24, 2.45) is 0 Å². The van der Waals surface area contributed by atoms with Crippen LogP contribution in [0.2, 0.25) is 0 Å². The van der Waals surface area contributed by atoms with Gasteiger partial charge in [-0.25, -0.2) is 4.98 Å². The molecule has 0 unspecified atom stereocenters. The number of nitrogens with one attached hydrogen (secondary N) is 1. The van der Waals surface area contributed by atoms with E-state index in [2.05, 4.69) is 31.1 Å². The van der Waals surface area contributed by atoms with Gasteiger partial charge >= 0.3 is 0 Å². The van der Waals surface area contributed by atoms with Crippen molar-refractivity contribution in [2.75, 3.05) is 12.4 Å². The summed E-state index contributed by atoms with van der Waals surface area (Å²) in [6.07, 6.45) is 4.83. The molecule has 5 nitrogen and oxygen atoms in total. The molecule has 30 heavy (non-hydrogen) atoms. The molecule has 0 spiro atoms. The number of benzene rings is 2. The summed E-state index contributed by atoms with van der Waals surface area (Å²) in [6, 6.07) is 18.8. The third kappa shape index (κ3) is 5.47. The maximum absolute atomic E-state index is 12.5. The Bertz CT molecular complexity index is 1050. The van der Waals surface area contributed by atoms with E-state index in [0.717, 1.165) is 16.9 Å². The van der Waals surface area contributed by atoms with Crippen LogP contribution in [0.15, 0.2) is 72.9 Å². The van der Waals surface area contributed by atoms with Crippen LogP contribution in [0.3, 0.4) is 0 Å². The number of anilines is 1. The highest BCUT2D eigenvalue weighted by molar-refractivity contribution is 6.02. The van der Waals surface area contributed by atoms with Crippen molar-refractivity contribution in [1.82, 2.24) is 4.98 Å². The van der Waals surface area contributed by atoms with Gasteiger partial charge in [0.1, 0.15) is 17.2 Å². The van der Waals surface area contributed by atoms with Crippen molar-refractivity contribution in [2.45, 2.75) is 26.2 Å². The monoisotopic (exact) mass is 402 g/mol. The number of para-hydroxylation sites is 1. The SMILES string of the molecule is COc1cccc(C=CC(=O)Nc2cccnc2Oc2ccccc2C(C)(C)C)c1. The topological polar surface area (TPSA) is 60.5 Å². The van der Waals surface area contributed by atoms with Crippen LogP contribution in [-0.4, -0.2) is 18.0 Å². The Morgan fingerprint density at radius 1 is 1.03 bits per heavy atom. The molecule has 0 saturated carbocycles. The lowest BCUT2D eigenvalue weighted by atomic mass is 9.86. The predicted molar refractivity (Wildman–Crippen MR) is 120 cm³/mol. The van der Waals surface area contributed by atoms with E-state index in [1.807, 2.05) is 48.5 Å². The molecule has 0 aliphatic carbocycles. The molecule has 0 aliphatic heterocycles. The molecule has 2 aromatic carbocycles. The van der Waals surface area contributed by atoms with Crippen molar-refractivity contribution in [3.05, 3.63) is 84.1 Å². The first-order valence-corrected chi connectivity index (χ1v) is 9.72. The summed E-state index contributed by atoms with van der Waals surface area (Å²) in [5.41, 5.74) is 2.34. The van der Waals surface area contributed by atoms with Crippen molar-refractivity contribution < 1.29 is 14.3 Å². The Hall–Kier alpha value is -3.60. The summed E-state index contributed by atoms with van der Waals surface area (Å²) in [5, 5.41) is 2.84. The van der Waals surface area contributed by atoms with Crippen LogP contribution in [0.1, 0.15) is 31.9 Å². The van der Waals surface area contributed by atoms with E-state index in [1.54, 1.807) is 31.5 Å². The lowest BCUT2D eigenvalue weighted by Gasteiger charge is -2.22. The van der Waals surface area contributed by atoms with Gasteiger partial charge in [-0.1, -0.05) is 51.1 Å². The molecule has 0 fully saturated rings. The normalized spacial score (nSPS) is 11.3. The average Bonchev–Trinajstić information content (AvgIpc) is 2.73. The molecule has 1 N–H and O–H groups in total. The minimum Gasteiger partial charge on any atom is -0.497 e. The van der Waals surface area contributed by atoms with E-state index < -0.39 is 0 Å². The molecular formula is C25H26N2O3. The van der Waals surface area contributed by atoms with Gasteiger partial charge in [0, 0.05) is 17.8 Å². The Morgan fingerprint density at radius 2 is 1.83 bits per heavy atom. The van der Waals surface area contributed by atoms with Crippen LogP contribution in [0.4, 0.5) is 5.69 Å². The van der Waals surface area contributed by atoms with Crippen LogP contribution >= 0.6 is 0 Å². The summed E-state index contributed by atoms with van der Waals surface area (Å²) in [4.78, 5) is 16.8. The second-order valence-corrected chi connectivity index (χ2v) is 7.80. The van der Waals surface area contributed by atoms with Gasteiger partial charge in [-0.15, -0.1) is 0 Å². The zero-order valence-electron chi connectivity index (χ0n) is 17.7. The van der Waals surface area contributed by atoms with E-state index in [-0.39, 0.29) is 11.3 Å². The maximum atomic E-state index is 12.5. The van der Waals surface area contributed by atoms with Gasteiger partial charge in [0.25, 0.3) is 0 Å². The second-order valence-electron chi connectivity index (χ2n) is 7.80. The summed E-state index contributed by atoms with van der Waals surface area (Å²) in [7, 11) is 1.61. The van der Waals surface area contributed by atoms with Gasteiger partial charge in [0.2, 0.25) is 11.8 Å². The number of hydrogen-bond donors (Lipinski definition) is 1. The fraction of sp³-hybridized carbons (Fsp3) is 0.200. The molecule has 0 atom stereocenters. The summed E-state index contributed by atoms with van der Waals surface area (Å²) in [6.45, 7) is 6.37. The maximum Gasteiger partial charge on any atom is 0.248 e. The first-order chi connectivity index (χ1) is 14.4. The number of methoxy groups -OCH3 is 1. The largest absolute Gasteiger partial charge is 0.497 e. The number of carbonyl (C=O) groups excluding carboxylic acids is 1. The number of hydrogen-bond acceptors (Lipinski definition) is 4. The minimum absolute atomic E-state index is 0.0890. The average molecular weight is 402 g/mol. The third-order valence-electron chi connectivity index (χ3n) is 4.45. The molecule has 1 amide bonds. The van der Waals surface area contributed by atoms with Gasteiger partial charge in [0.05, 0.1) is 7.11 Å². The van der Waals surface area contributed by atoms with Crippen LogP contribution in [-0.2, 0) is 10.2 Å². The standard InChI is InChI=1S/C25H26N2O3/c1-25(2,3)20-11-5-6-13-22(20)30-24-21(12-8-16-26-24)27-23(28)15-14-18-9-7-10-19(17-18)29-4/h5-17H,1-4H3,(H,27,28). The number of nitrogens with zero attached hydrogens (tertiary/aromatic N) is 1. The highest BCUT2D eigenvalue weighted by Gasteiger charge is 2.20. The van der Waals surface area contributed by atoms with Gasteiger partial charge in [-0.3, -0.25) is 4.79 Å². The quantitative estimate of drug-likeness (QED) is 0.527. The van der Waals surface area contributed by atoms with E-state index in [0.29, 0.717) is 17.3 Å². The van der Waals surface area contributed by atoms with Crippen molar-refractivity contribution >= 4 is 17.7 Å². The molecule has 3 aromatic rings. The van der Waals surface area contributed by atoms with Crippen molar-refractivity contribution in [1.29, 1.82) is 0 Å². The Balaban J connectivity index is 1.78. The molecule has 154 valence electrons. The number of pyridine rings is 1. The fourth-order valence-corrected chi connectivity index (χ4v) is 2.94. The first-order valence-electron chi connectivity index (χ1n) is 9.72. The van der Waals surface area contributed by atoms with Crippen molar-refractivity contribution in [3.63, 3.8) is 0 Å². The molecular weight excluding hydrogens is 376 g/mol. The molecule has 0 saturated heterocycles. The lowest BCUT2D eigenvalue weighted by Crippen LogP contribution is -2.13. The fourth-order valence-electron chi connectivity index (χ4n) is 2.94. The molecule has 0 aliphatic rings. The van der Waals surface area contributed by atoms with E-state index in [1.165, 1.54) is 6.08 Å². The van der Waals surface area contributed by atoms with Crippen LogP contribution < -0.4 is 14.8 Å². The summed E-state index contributed by atoms with van der Waals surface area (Å²) >= 11 is 0. The minimum atomic E-state index is -0.278. The van der Waals surface area contributed by atoms with Gasteiger partial charge in [-0.05, 0) is 47.4 Å². The molecule has 5 heteroatoms. The van der Waals surface area contributed by atoms with Crippen LogP contribution in [0, 0.1) is 0 Å². The zero-order valence-corrected chi connectivity index (χ0v) is 17.7. The van der Waals surface area contributed by atoms with E-state index in [4.69, 9.17) is 9.47 Å². The molecule has 1 aromatic heterocycles. The number of aromatic nitrogens is 1. The van der Waals surface area contributed by atoms with E-state index >= 15 is 0 Å². The van der Waals surface area contributed by atoms with Crippen LogP contribution in [0.5, 0.6) is 17.4 Å². The smallest absolute Gasteiger partial charge is 0.248 e. The predicted octanol–water partition coefficient (Wildman–Crippen LogP) is 5.83. The highest BCUT2D eigenvalue weighted by Crippen LogP contribution is 2.35. The highest BCUT2D eigenvalue weighted by atomic mass is 16.5. The van der Waals surface area contributed by atoms with Gasteiger partial charge in [-0.2, -0.15) is 0 Å². The van der Waals surface area contributed by atoms with Crippen molar-refractivity contribution in [3.8, 4) is 17.4 Å². The molecule has 0 bridgehead atoms.